The fraction of sp³-hybridized carbons (Fsp3) is 0.385. The van der Waals surface area contributed by atoms with Crippen molar-refractivity contribution >= 4 is 16.9 Å². The van der Waals surface area contributed by atoms with E-state index >= 15 is 0 Å². The van der Waals surface area contributed by atoms with Crippen LogP contribution in [0.15, 0.2) is 51.7 Å². The molecule has 0 radical (unpaired) electrons. The fourth-order valence-electron chi connectivity index (χ4n) is 4.18. The first-order valence-corrected chi connectivity index (χ1v) is 10.7. The van der Waals surface area contributed by atoms with Gasteiger partial charge in [0.2, 0.25) is 5.76 Å². The first-order valence-electron chi connectivity index (χ1n) is 10.7. The quantitative estimate of drug-likeness (QED) is 0.626. The number of hydrogen-bond donors (Lipinski definition) is 0. The maximum Gasteiger partial charge on any atom is 0.290 e. The Morgan fingerprint density at radius 2 is 1.71 bits per heavy atom. The number of hydrogen-bond acceptors (Lipinski definition) is 4. The third kappa shape index (κ3) is 3.79. The molecule has 5 heteroatoms. The Hall–Kier alpha value is -2.92. The van der Waals surface area contributed by atoms with E-state index in [0.29, 0.717) is 29.6 Å². The number of nitrogens with zero attached hydrogens (tertiary/aromatic N) is 2. The molecule has 1 unspecified atom stereocenters. The number of aryl methyl sites for hydroxylation is 1. The molecule has 0 spiro atoms. The van der Waals surface area contributed by atoms with Gasteiger partial charge in [0.15, 0.2) is 5.43 Å². The van der Waals surface area contributed by atoms with Gasteiger partial charge < -0.3 is 14.2 Å². The molecule has 1 aliphatic rings. The van der Waals surface area contributed by atoms with E-state index in [2.05, 4.69) is 32.9 Å². The molecule has 0 saturated heterocycles. The molecule has 1 amide bonds. The van der Waals surface area contributed by atoms with Gasteiger partial charge in [-0.15, -0.1) is 0 Å². The summed E-state index contributed by atoms with van der Waals surface area (Å²) in [6, 6.07) is 13.3. The molecule has 0 saturated carbocycles. The summed E-state index contributed by atoms with van der Waals surface area (Å²) >= 11 is 0. The fourth-order valence-corrected chi connectivity index (χ4v) is 4.18. The highest BCUT2D eigenvalue weighted by Crippen LogP contribution is 2.38. The van der Waals surface area contributed by atoms with Crippen molar-refractivity contribution in [2.45, 2.75) is 39.2 Å². The minimum atomic E-state index is -0.447. The van der Waals surface area contributed by atoms with E-state index in [1.54, 1.807) is 11.0 Å². The molecule has 2 heterocycles. The van der Waals surface area contributed by atoms with Crippen LogP contribution in [0.5, 0.6) is 0 Å². The Balaban J connectivity index is 1.90. The number of carbonyl (C=O) groups is 1. The van der Waals surface area contributed by atoms with Crippen molar-refractivity contribution in [3.8, 4) is 0 Å². The second kappa shape index (κ2) is 7.65. The van der Waals surface area contributed by atoms with Crippen LogP contribution in [0, 0.1) is 6.92 Å². The van der Waals surface area contributed by atoms with Crippen LogP contribution >= 0.6 is 0 Å². The average Bonchev–Trinajstić information content (AvgIpc) is 2.98. The smallest absolute Gasteiger partial charge is 0.290 e. The Morgan fingerprint density at radius 1 is 1.03 bits per heavy atom. The summed E-state index contributed by atoms with van der Waals surface area (Å²) in [6.07, 6.45) is 0. The van der Waals surface area contributed by atoms with Crippen LogP contribution in [0.25, 0.3) is 11.0 Å². The van der Waals surface area contributed by atoms with Crippen molar-refractivity contribution in [2.75, 3.05) is 27.2 Å². The summed E-state index contributed by atoms with van der Waals surface area (Å²) in [7, 11) is 3.95. The third-order valence-electron chi connectivity index (χ3n) is 6.00. The first kappa shape index (κ1) is 21.3. The van der Waals surface area contributed by atoms with Crippen LogP contribution in [0.4, 0.5) is 0 Å². The van der Waals surface area contributed by atoms with E-state index in [-0.39, 0.29) is 22.5 Å². The van der Waals surface area contributed by atoms with E-state index in [9.17, 15) is 9.59 Å². The molecule has 0 fully saturated rings. The van der Waals surface area contributed by atoms with Crippen LogP contribution in [0.1, 0.15) is 59.6 Å². The van der Waals surface area contributed by atoms with Crippen molar-refractivity contribution in [3.63, 3.8) is 0 Å². The van der Waals surface area contributed by atoms with E-state index in [4.69, 9.17) is 4.42 Å². The number of amides is 1. The molecule has 0 bridgehead atoms. The molecule has 0 N–H and O–H groups in total. The number of benzene rings is 2. The van der Waals surface area contributed by atoms with Gasteiger partial charge in [0.25, 0.3) is 5.91 Å². The van der Waals surface area contributed by atoms with Crippen LogP contribution in [-0.4, -0.2) is 42.9 Å². The lowest BCUT2D eigenvalue weighted by molar-refractivity contribution is 0.0716. The minimum absolute atomic E-state index is 0.0271. The Morgan fingerprint density at radius 3 is 2.32 bits per heavy atom. The lowest BCUT2D eigenvalue weighted by Crippen LogP contribution is -2.35. The zero-order valence-corrected chi connectivity index (χ0v) is 19.2. The largest absolute Gasteiger partial charge is 0.450 e. The highest BCUT2D eigenvalue weighted by atomic mass is 16.3. The predicted octanol–water partition coefficient (Wildman–Crippen LogP) is 4.51. The molecule has 31 heavy (non-hydrogen) atoms. The van der Waals surface area contributed by atoms with Gasteiger partial charge >= 0.3 is 0 Å². The predicted molar refractivity (Wildman–Crippen MR) is 124 cm³/mol. The topological polar surface area (TPSA) is 53.8 Å². The van der Waals surface area contributed by atoms with Gasteiger partial charge in [-0.05, 0) is 49.7 Å². The molecule has 2 aromatic carbocycles. The number of fused-ring (bicyclic) bond motifs is 2. The van der Waals surface area contributed by atoms with Gasteiger partial charge in [-0.25, -0.2) is 0 Å². The third-order valence-corrected chi connectivity index (χ3v) is 6.00. The average molecular weight is 419 g/mol. The Labute approximate surface area is 183 Å². The van der Waals surface area contributed by atoms with E-state index in [1.165, 1.54) is 5.56 Å². The van der Waals surface area contributed by atoms with Gasteiger partial charge in [0, 0.05) is 13.1 Å². The molecule has 0 aliphatic carbocycles. The molecule has 4 rings (SSSR count). The summed E-state index contributed by atoms with van der Waals surface area (Å²) < 4.78 is 6.01. The second-order valence-corrected chi connectivity index (χ2v) is 9.75. The number of carbonyl (C=O) groups excluding carboxylic acids is 1. The van der Waals surface area contributed by atoms with Crippen LogP contribution in [-0.2, 0) is 5.41 Å². The van der Waals surface area contributed by atoms with Crippen molar-refractivity contribution < 1.29 is 9.21 Å². The summed E-state index contributed by atoms with van der Waals surface area (Å²) in [5.74, 6) is -0.0497. The summed E-state index contributed by atoms with van der Waals surface area (Å²) in [5, 5.41) is 0.525. The van der Waals surface area contributed by atoms with Gasteiger partial charge in [0.05, 0.1) is 17.0 Å². The standard InChI is InChI=1S/C26H30N2O3/c1-16-7-12-20-19(15-16)23(29)21-22(17-8-10-18(11-9-17)26(2,3)4)28(14-13-27(5)6)25(30)24(21)31-20/h7-12,15,22H,13-14H2,1-6H3. The van der Waals surface area contributed by atoms with Crippen molar-refractivity contribution in [1.29, 1.82) is 0 Å². The maximum atomic E-state index is 13.6. The molecule has 1 atom stereocenters. The molecule has 3 aromatic rings. The van der Waals surface area contributed by atoms with Crippen LogP contribution in [0.2, 0.25) is 0 Å². The lowest BCUT2D eigenvalue weighted by atomic mass is 9.86. The molecule has 162 valence electrons. The van der Waals surface area contributed by atoms with Gasteiger partial charge in [-0.3, -0.25) is 9.59 Å². The first-order chi connectivity index (χ1) is 14.6. The zero-order chi connectivity index (χ0) is 22.5. The van der Waals surface area contributed by atoms with Crippen molar-refractivity contribution in [2.24, 2.45) is 0 Å². The SMILES string of the molecule is Cc1ccc2oc3c(c(=O)c2c1)C(c1ccc(C(C)(C)C)cc1)N(CCN(C)C)C3=O. The van der Waals surface area contributed by atoms with Crippen molar-refractivity contribution in [1.82, 2.24) is 9.80 Å². The number of likely N-dealkylation sites (N-methyl/N-ethyl adjacent to an activating group) is 1. The summed E-state index contributed by atoms with van der Waals surface area (Å²) in [4.78, 5) is 30.7. The Bertz CT molecular complexity index is 1200. The lowest BCUT2D eigenvalue weighted by Gasteiger charge is -2.27. The van der Waals surface area contributed by atoms with Gasteiger partial charge in [0.1, 0.15) is 5.58 Å². The highest BCUT2D eigenvalue weighted by Gasteiger charge is 2.42. The maximum absolute atomic E-state index is 13.6. The molecular weight excluding hydrogens is 388 g/mol. The second-order valence-electron chi connectivity index (χ2n) is 9.75. The normalized spacial score (nSPS) is 16.4. The van der Waals surface area contributed by atoms with E-state index in [1.807, 2.05) is 50.2 Å². The van der Waals surface area contributed by atoms with Crippen LogP contribution in [0.3, 0.4) is 0 Å². The molecule has 1 aliphatic heterocycles. The molecular formula is C26H30N2O3. The Kier molecular flexibility index (Phi) is 5.26. The minimum Gasteiger partial charge on any atom is -0.450 e. The van der Waals surface area contributed by atoms with Gasteiger partial charge in [-0.1, -0.05) is 56.7 Å². The monoisotopic (exact) mass is 418 g/mol. The zero-order valence-electron chi connectivity index (χ0n) is 19.2. The van der Waals surface area contributed by atoms with E-state index in [0.717, 1.165) is 11.1 Å². The molecule has 1 aromatic heterocycles. The van der Waals surface area contributed by atoms with Crippen molar-refractivity contribution in [3.05, 3.63) is 80.7 Å². The summed E-state index contributed by atoms with van der Waals surface area (Å²) in [5.41, 5.74) is 3.94. The number of rotatable bonds is 4. The molecule has 5 nitrogen and oxygen atoms in total. The highest BCUT2D eigenvalue weighted by molar-refractivity contribution is 5.99. The van der Waals surface area contributed by atoms with E-state index < -0.39 is 6.04 Å². The van der Waals surface area contributed by atoms with Gasteiger partial charge in [-0.2, -0.15) is 0 Å². The summed E-state index contributed by atoms with van der Waals surface area (Å²) in [6.45, 7) is 9.66. The van der Waals surface area contributed by atoms with Crippen LogP contribution < -0.4 is 5.43 Å².